The number of hydrogen-bond donors (Lipinski definition) is 3. The van der Waals surface area contributed by atoms with Crippen LogP contribution in [0.4, 0.5) is 8.78 Å². The van der Waals surface area contributed by atoms with Crippen molar-refractivity contribution in [2.45, 2.75) is 23.9 Å². The Morgan fingerprint density at radius 1 is 1.60 bits per heavy atom. The summed E-state index contributed by atoms with van der Waals surface area (Å²) in [5.74, 6) is -3.60. The molecule has 6 nitrogen and oxygen atoms in total. The zero-order valence-electron chi connectivity index (χ0n) is 10.5. The van der Waals surface area contributed by atoms with Gasteiger partial charge in [-0.25, -0.2) is 4.99 Å². The first kappa shape index (κ1) is 14.6. The van der Waals surface area contributed by atoms with E-state index in [1.165, 1.54) is 12.3 Å². The minimum Gasteiger partial charge on any atom is -0.393 e. The summed E-state index contributed by atoms with van der Waals surface area (Å²) < 4.78 is 33.5. The highest BCUT2D eigenvalue weighted by Crippen LogP contribution is 2.45. The lowest BCUT2D eigenvalue weighted by atomic mass is 9.95. The van der Waals surface area contributed by atoms with E-state index < -0.39 is 30.5 Å². The summed E-state index contributed by atoms with van der Waals surface area (Å²) in [6.45, 7) is 6.00. The topological polar surface area (TPSA) is 91.3 Å². The summed E-state index contributed by atoms with van der Waals surface area (Å²) >= 11 is 0. The van der Waals surface area contributed by atoms with Crippen LogP contribution in [0.3, 0.4) is 0 Å². The van der Waals surface area contributed by atoms with Gasteiger partial charge in [0.2, 0.25) is 6.23 Å². The van der Waals surface area contributed by atoms with Gasteiger partial charge in [-0.2, -0.15) is 8.78 Å². The molecule has 0 aromatic rings. The number of aliphatic hydroxyl groups excluding tert-OH is 2. The number of nitrogens with two attached hydrogens (primary N) is 1. The van der Waals surface area contributed by atoms with Crippen molar-refractivity contribution in [2.24, 2.45) is 10.7 Å². The average molecular weight is 287 g/mol. The van der Waals surface area contributed by atoms with Crippen molar-refractivity contribution in [3.8, 4) is 0 Å². The fourth-order valence-electron chi connectivity index (χ4n) is 2.10. The van der Waals surface area contributed by atoms with E-state index in [4.69, 9.17) is 10.5 Å². The monoisotopic (exact) mass is 287 g/mol. The Morgan fingerprint density at radius 3 is 2.70 bits per heavy atom. The SMILES string of the molecule is C=C[C@]1(CO)O[C@@H](N2C=CC(N)=NC2=C)C(F)(F)[C@@H]1O. The fourth-order valence-corrected chi connectivity index (χ4v) is 2.10. The molecular formula is C12H15F2N3O3. The quantitative estimate of drug-likeness (QED) is 0.631. The Morgan fingerprint density at radius 2 is 2.25 bits per heavy atom. The van der Waals surface area contributed by atoms with Gasteiger partial charge < -0.3 is 25.6 Å². The fraction of sp³-hybridized carbons (Fsp3) is 0.417. The van der Waals surface area contributed by atoms with Crippen LogP contribution >= 0.6 is 0 Å². The average Bonchev–Trinajstić information content (AvgIpc) is 2.60. The van der Waals surface area contributed by atoms with Crippen LogP contribution < -0.4 is 5.73 Å². The van der Waals surface area contributed by atoms with E-state index in [0.29, 0.717) is 0 Å². The molecule has 4 N–H and O–H groups in total. The van der Waals surface area contributed by atoms with Crippen molar-refractivity contribution < 1.29 is 23.7 Å². The number of alkyl halides is 2. The molecular weight excluding hydrogens is 272 g/mol. The summed E-state index contributed by atoms with van der Waals surface area (Å²) in [6, 6.07) is 0. The molecule has 0 bridgehead atoms. The molecule has 2 heterocycles. The maximum absolute atomic E-state index is 14.2. The zero-order valence-corrected chi connectivity index (χ0v) is 10.5. The van der Waals surface area contributed by atoms with Gasteiger partial charge in [0.05, 0.1) is 6.61 Å². The van der Waals surface area contributed by atoms with Gasteiger partial charge in [0.1, 0.15) is 17.3 Å². The van der Waals surface area contributed by atoms with Gasteiger partial charge in [-0.05, 0) is 6.08 Å². The van der Waals surface area contributed by atoms with Crippen LogP contribution in [-0.4, -0.2) is 51.4 Å². The minimum absolute atomic E-state index is 0.0559. The van der Waals surface area contributed by atoms with Crippen LogP contribution in [-0.2, 0) is 4.74 Å². The summed E-state index contributed by atoms with van der Waals surface area (Å²) in [5.41, 5.74) is 3.48. The maximum Gasteiger partial charge on any atom is 0.320 e. The molecule has 20 heavy (non-hydrogen) atoms. The summed E-state index contributed by atoms with van der Waals surface area (Å²) in [6.07, 6.45) is -0.630. The highest BCUT2D eigenvalue weighted by Gasteiger charge is 2.66. The van der Waals surface area contributed by atoms with E-state index in [1.807, 2.05) is 0 Å². The van der Waals surface area contributed by atoms with Crippen molar-refractivity contribution in [2.75, 3.05) is 6.61 Å². The third kappa shape index (κ3) is 1.92. The molecule has 0 aliphatic carbocycles. The van der Waals surface area contributed by atoms with E-state index in [1.54, 1.807) is 0 Å². The molecule has 3 atom stereocenters. The Kier molecular flexibility index (Phi) is 3.41. The van der Waals surface area contributed by atoms with Gasteiger partial charge in [0.15, 0.2) is 6.10 Å². The highest BCUT2D eigenvalue weighted by atomic mass is 19.3. The maximum atomic E-state index is 14.2. The Labute approximate surface area is 114 Å². The molecule has 0 radical (unpaired) electrons. The number of amidine groups is 1. The van der Waals surface area contributed by atoms with Gasteiger partial charge in [-0.15, -0.1) is 6.58 Å². The van der Waals surface area contributed by atoms with Gasteiger partial charge in [-0.1, -0.05) is 12.7 Å². The second-order valence-corrected chi connectivity index (χ2v) is 4.54. The number of aliphatic hydroxyl groups is 2. The van der Waals surface area contributed by atoms with E-state index >= 15 is 0 Å². The molecule has 1 fully saturated rings. The predicted octanol–water partition coefficient (Wildman–Crippen LogP) is -0.0863. The first-order valence-electron chi connectivity index (χ1n) is 5.76. The second-order valence-electron chi connectivity index (χ2n) is 4.54. The van der Waals surface area contributed by atoms with Crippen molar-refractivity contribution in [3.05, 3.63) is 37.3 Å². The standard InChI is InChI=1S/C12H15F2N3O3/c1-3-11(6-18)9(19)12(13,14)10(20-11)17-5-4-8(15)16-7(17)2/h3-5,9-10,18-19H,1-2,6H2,(H2,15,16)/t9-,10-,11-/m1/s1. The first-order valence-corrected chi connectivity index (χ1v) is 5.76. The number of halogens is 2. The van der Waals surface area contributed by atoms with Crippen LogP contribution in [0, 0.1) is 0 Å². The number of nitrogens with zero attached hydrogens (tertiary/aromatic N) is 2. The smallest absolute Gasteiger partial charge is 0.320 e. The molecule has 110 valence electrons. The van der Waals surface area contributed by atoms with Crippen LogP contribution in [0.5, 0.6) is 0 Å². The Bertz CT molecular complexity index is 506. The minimum atomic E-state index is -3.66. The Balaban J connectivity index is 2.37. The summed E-state index contributed by atoms with van der Waals surface area (Å²) in [4.78, 5) is 4.70. The summed E-state index contributed by atoms with van der Waals surface area (Å²) in [7, 11) is 0. The highest BCUT2D eigenvalue weighted by molar-refractivity contribution is 5.92. The zero-order chi connectivity index (χ0) is 15.1. The van der Waals surface area contributed by atoms with Gasteiger partial charge >= 0.3 is 5.92 Å². The van der Waals surface area contributed by atoms with Crippen molar-refractivity contribution in [1.29, 1.82) is 0 Å². The molecule has 0 aromatic carbocycles. The molecule has 0 aromatic heterocycles. The van der Waals surface area contributed by atoms with E-state index in [2.05, 4.69) is 18.2 Å². The number of ether oxygens (including phenoxy) is 1. The van der Waals surface area contributed by atoms with E-state index in [9.17, 15) is 19.0 Å². The van der Waals surface area contributed by atoms with Crippen LogP contribution in [0.1, 0.15) is 0 Å². The lowest BCUT2D eigenvalue weighted by Gasteiger charge is -2.32. The normalized spacial score (nSPS) is 36.1. The number of hydrogen-bond acceptors (Lipinski definition) is 6. The van der Waals surface area contributed by atoms with E-state index in [0.717, 1.165) is 11.0 Å². The number of rotatable bonds is 3. The third-order valence-electron chi connectivity index (χ3n) is 3.30. The molecule has 2 rings (SSSR count). The van der Waals surface area contributed by atoms with Crippen LogP contribution in [0.15, 0.2) is 42.3 Å². The van der Waals surface area contributed by atoms with Crippen molar-refractivity contribution in [3.63, 3.8) is 0 Å². The molecule has 0 amide bonds. The number of aliphatic imine (C=N–C) groups is 1. The van der Waals surface area contributed by atoms with E-state index in [-0.39, 0.29) is 11.7 Å². The lowest BCUT2D eigenvalue weighted by molar-refractivity contribution is -0.150. The lowest BCUT2D eigenvalue weighted by Crippen LogP contribution is -2.49. The van der Waals surface area contributed by atoms with Crippen LogP contribution in [0.25, 0.3) is 0 Å². The molecule has 1 saturated heterocycles. The summed E-state index contributed by atoms with van der Waals surface area (Å²) in [5, 5.41) is 19.0. The molecule has 2 aliphatic heterocycles. The molecule has 0 spiro atoms. The van der Waals surface area contributed by atoms with Gasteiger partial charge in [-0.3, -0.25) is 0 Å². The van der Waals surface area contributed by atoms with Gasteiger partial charge in [0, 0.05) is 6.20 Å². The molecule has 0 unspecified atom stereocenters. The largest absolute Gasteiger partial charge is 0.393 e. The second kappa shape index (κ2) is 4.65. The first-order chi connectivity index (χ1) is 9.28. The molecule has 8 heteroatoms. The van der Waals surface area contributed by atoms with Crippen molar-refractivity contribution in [1.82, 2.24) is 4.90 Å². The predicted molar refractivity (Wildman–Crippen MR) is 67.6 cm³/mol. The van der Waals surface area contributed by atoms with Gasteiger partial charge in [0.25, 0.3) is 0 Å². The van der Waals surface area contributed by atoms with Crippen LogP contribution in [0.2, 0.25) is 0 Å². The molecule has 0 saturated carbocycles. The Hall–Kier alpha value is -1.77. The third-order valence-corrected chi connectivity index (χ3v) is 3.30. The van der Waals surface area contributed by atoms with Crippen molar-refractivity contribution >= 4 is 5.84 Å². The molecule has 2 aliphatic rings.